The summed E-state index contributed by atoms with van der Waals surface area (Å²) < 4.78 is 11.8. The smallest absolute Gasteiger partial charge is 0.345 e. The number of hydrogen-bond donors (Lipinski definition) is 0. The van der Waals surface area contributed by atoms with E-state index in [0.29, 0.717) is 0 Å². The molecule has 1 aromatic carbocycles. The quantitative estimate of drug-likeness (QED) is 0.403. The molecule has 5 heteroatoms. The number of benzene rings is 1. The molecule has 0 heterocycles. The fourth-order valence-corrected chi connectivity index (χ4v) is 3.18. The van der Waals surface area contributed by atoms with Crippen LogP contribution in [0.25, 0.3) is 0 Å². The lowest BCUT2D eigenvalue weighted by Crippen LogP contribution is -2.36. The molecule has 2 rings (SSSR count). The van der Waals surface area contributed by atoms with Crippen molar-refractivity contribution in [2.45, 2.75) is 44.6 Å². The molecule has 23 heavy (non-hydrogen) atoms. The van der Waals surface area contributed by atoms with Crippen LogP contribution >= 0.6 is 22.6 Å². The van der Waals surface area contributed by atoms with Gasteiger partial charge in [0.1, 0.15) is 5.60 Å². The minimum absolute atomic E-state index is 0.266. The van der Waals surface area contributed by atoms with E-state index >= 15 is 0 Å². The second kappa shape index (κ2) is 7.95. The molecule has 1 saturated carbocycles. The minimum Gasteiger partial charge on any atom is -0.452 e. The van der Waals surface area contributed by atoms with Gasteiger partial charge in [0, 0.05) is 9.14 Å². The number of esters is 2. The normalized spacial score (nSPS) is 16.4. The molecular formula is C18H21IO4. The molecule has 0 radical (unpaired) electrons. The lowest BCUT2D eigenvalue weighted by atomic mass is 9.79. The highest BCUT2D eigenvalue weighted by atomic mass is 127. The van der Waals surface area contributed by atoms with Crippen LogP contribution in [-0.2, 0) is 24.7 Å². The van der Waals surface area contributed by atoms with Crippen LogP contribution < -0.4 is 0 Å². The number of carbonyl (C=O) groups excluding carboxylic acids is 2. The highest BCUT2D eigenvalue weighted by Gasteiger charge is 2.37. The van der Waals surface area contributed by atoms with Gasteiger partial charge in [-0.2, -0.15) is 0 Å². The molecule has 0 atom stereocenters. The van der Waals surface area contributed by atoms with Crippen molar-refractivity contribution in [1.29, 1.82) is 0 Å². The Morgan fingerprint density at radius 3 is 2.35 bits per heavy atom. The van der Waals surface area contributed by atoms with Crippen LogP contribution in [0.3, 0.4) is 0 Å². The lowest BCUT2D eigenvalue weighted by Gasteiger charge is -2.37. The van der Waals surface area contributed by atoms with E-state index in [1.165, 1.54) is 0 Å². The molecule has 0 N–H and O–H groups in total. The Morgan fingerprint density at radius 1 is 1.17 bits per heavy atom. The Kier molecular flexibility index (Phi) is 6.21. The van der Waals surface area contributed by atoms with Crippen LogP contribution in [0.5, 0.6) is 0 Å². The first-order valence-corrected chi connectivity index (χ1v) is 8.81. The van der Waals surface area contributed by atoms with Gasteiger partial charge in [-0.3, -0.25) is 0 Å². The van der Waals surface area contributed by atoms with Crippen LogP contribution in [-0.4, -0.2) is 18.5 Å². The molecule has 4 nitrogen and oxygen atoms in total. The van der Waals surface area contributed by atoms with E-state index in [4.69, 9.17) is 9.47 Å². The van der Waals surface area contributed by atoms with E-state index in [9.17, 15) is 9.59 Å². The molecule has 1 fully saturated rings. The van der Waals surface area contributed by atoms with Gasteiger partial charge in [0.2, 0.25) is 0 Å². The number of carbonyl (C=O) groups is 2. The van der Waals surface area contributed by atoms with Gasteiger partial charge in [-0.05, 0) is 72.9 Å². The fraction of sp³-hybridized carbons (Fsp3) is 0.444. The van der Waals surface area contributed by atoms with E-state index in [1.54, 1.807) is 6.92 Å². The monoisotopic (exact) mass is 428 g/mol. The largest absolute Gasteiger partial charge is 0.452 e. The maximum Gasteiger partial charge on any atom is 0.345 e. The average molecular weight is 428 g/mol. The summed E-state index contributed by atoms with van der Waals surface area (Å²) in [7, 11) is 0. The lowest BCUT2D eigenvalue weighted by molar-refractivity contribution is -0.173. The van der Waals surface area contributed by atoms with Crippen molar-refractivity contribution < 1.29 is 19.1 Å². The summed E-state index contributed by atoms with van der Waals surface area (Å²) in [6, 6.07) is 8.06. The zero-order chi connectivity index (χ0) is 16.9. The Hall–Kier alpha value is -1.37. The summed E-state index contributed by atoms with van der Waals surface area (Å²) in [4.78, 5) is 23.5. The second-order valence-corrected chi connectivity index (χ2v) is 7.14. The first kappa shape index (κ1) is 18.0. The summed E-state index contributed by atoms with van der Waals surface area (Å²) in [5, 5.41) is 0. The van der Waals surface area contributed by atoms with Gasteiger partial charge >= 0.3 is 11.9 Å². The first-order chi connectivity index (χ1) is 10.9. The highest BCUT2D eigenvalue weighted by molar-refractivity contribution is 14.1. The molecule has 0 spiro atoms. The molecule has 1 aliphatic rings. The fourth-order valence-electron chi connectivity index (χ4n) is 2.82. The third-order valence-electron chi connectivity index (χ3n) is 4.01. The minimum atomic E-state index is -0.602. The third-order valence-corrected chi connectivity index (χ3v) is 4.73. The van der Waals surface area contributed by atoms with Crippen molar-refractivity contribution in [1.82, 2.24) is 0 Å². The SMILES string of the molecule is C=C(C)C(=O)OCC(=O)OC1(c2ccc(I)cc2)CCCCC1. The maximum absolute atomic E-state index is 12.2. The van der Waals surface area contributed by atoms with Gasteiger partial charge in [-0.15, -0.1) is 0 Å². The summed E-state index contributed by atoms with van der Waals surface area (Å²) >= 11 is 2.25. The molecule has 1 aromatic rings. The van der Waals surface area contributed by atoms with Crippen molar-refractivity contribution in [3.8, 4) is 0 Å². The van der Waals surface area contributed by atoms with Crippen molar-refractivity contribution >= 4 is 34.5 Å². The van der Waals surface area contributed by atoms with E-state index < -0.39 is 17.5 Å². The van der Waals surface area contributed by atoms with Gasteiger partial charge < -0.3 is 9.47 Å². The third kappa shape index (κ3) is 4.80. The van der Waals surface area contributed by atoms with E-state index in [-0.39, 0.29) is 12.2 Å². The second-order valence-electron chi connectivity index (χ2n) is 5.89. The number of hydrogen-bond acceptors (Lipinski definition) is 4. The predicted octanol–water partition coefficient (Wildman–Crippen LogP) is 4.11. The summed E-state index contributed by atoms with van der Waals surface area (Å²) in [6.07, 6.45) is 4.78. The molecule has 0 aromatic heterocycles. The van der Waals surface area contributed by atoms with Gasteiger partial charge in [-0.25, -0.2) is 9.59 Å². The van der Waals surface area contributed by atoms with Gasteiger partial charge in [0.25, 0.3) is 0 Å². The number of ether oxygens (including phenoxy) is 2. The van der Waals surface area contributed by atoms with Crippen molar-refractivity contribution in [2.75, 3.05) is 6.61 Å². The molecule has 0 bridgehead atoms. The van der Waals surface area contributed by atoms with Crippen molar-refractivity contribution in [2.24, 2.45) is 0 Å². The Balaban J connectivity index is 2.09. The van der Waals surface area contributed by atoms with Gasteiger partial charge in [0.05, 0.1) is 0 Å². The first-order valence-electron chi connectivity index (χ1n) is 7.73. The van der Waals surface area contributed by atoms with E-state index in [1.807, 2.05) is 24.3 Å². The molecule has 0 amide bonds. The Bertz CT molecular complexity index is 586. The maximum atomic E-state index is 12.2. The molecule has 0 aliphatic heterocycles. The number of rotatable bonds is 5. The van der Waals surface area contributed by atoms with Gasteiger partial charge in [-0.1, -0.05) is 25.1 Å². The molecule has 1 aliphatic carbocycles. The molecule has 124 valence electrons. The van der Waals surface area contributed by atoms with E-state index in [0.717, 1.165) is 41.2 Å². The van der Waals surface area contributed by atoms with Crippen LogP contribution in [0.2, 0.25) is 0 Å². The summed E-state index contributed by atoms with van der Waals surface area (Å²) in [6.45, 7) is 4.66. The van der Waals surface area contributed by atoms with Crippen LogP contribution in [0.4, 0.5) is 0 Å². The zero-order valence-electron chi connectivity index (χ0n) is 13.3. The highest BCUT2D eigenvalue weighted by Crippen LogP contribution is 2.40. The van der Waals surface area contributed by atoms with Crippen LogP contribution in [0.15, 0.2) is 36.4 Å². The van der Waals surface area contributed by atoms with Gasteiger partial charge in [0.15, 0.2) is 6.61 Å². The van der Waals surface area contributed by atoms with E-state index in [2.05, 4.69) is 29.2 Å². The standard InChI is InChI=1S/C18H21IO4/c1-13(2)17(21)22-12-16(20)23-18(10-4-3-5-11-18)14-6-8-15(19)9-7-14/h6-9H,1,3-5,10-12H2,2H3. The zero-order valence-corrected chi connectivity index (χ0v) is 15.4. The number of halogens is 1. The molecular weight excluding hydrogens is 407 g/mol. The Morgan fingerprint density at radius 2 is 1.78 bits per heavy atom. The molecule has 0 unspecified atom stereocenters. The van der Waals surface area contributed by atoms with Crippen LogP contribution in [0, 0.1) is 3.57 Å². The predicted molar refractivity (Wildman–Crippen MR) is 95.8 cm³/mol. The van der Waals surface area contributed by atoms with Crippen LogP contribution in [0.1, 0.15) is 44.6 Å². The van der Waals surface area contributed by atoms with Crippen molar-refractivity contribution in [3.05, 3.63) is 45.6 Å². The topological polar surface area (TPSA) is 52.6 Å². The van der Waals surface area contributed by atoms with Crippen molar-refractivity contribution in [3.63, 3.8) is 0 Å². The summed E-state index contributed by atoms with van der Waals surface area (Å²) in [5.41, 5.74) is 0.676. The Labute approximate surface area is 150 Å². The average Bonchev–Trinajstić information content (AvgIpc) is 2.54. The molecule has 0 saturated heterocycles. The summed E-state index contributed by atoms with van der Waals surface area (Å²) in [5.74, 6) is -1.09.